The van der Waals surface area contributed by atoms with Crippen LogP contribution >= 0.6 is 23.2 Å². The van der Waals surface area contributed by atoms with Crippen LogP contribution in [0.2, 0.25) is 10.0 Å². The van der Waals surface area contributed by atoms with Gasteiger partial charge in [0, 0.05) is 16.5 Å². The molecular weight excluding hydrogens is 841 g/mol. The van der Waals surface area contributed by atoms with Crippen LogP contribution in [-0.2, 0) is 24.6 Å². The van der Waals surface area contributed by atoms with Crippen LogP contribution in [0, 0.1) is 30.6 Å². The second-order valence-corrected chi connectivity index (χ2v) is 17.1. The number of rotatable bonds is 10. The third kappa shape index (κ3) is 6.81. The van der Waals surface area contributed by atoms with Crippen molar-refractivity contribution in [1.29, 1.82) is 0 Å². The summed E-state index contributed by atoms with van der Waals surface area (Å²) in [6.45, 7) is 1.77. The molecule has 2 aliphatic carbocycles. The molecule has 9 rings (SSSR count). The van der Waals surface area contributed by atoms with Gasteiger partial charge >= 0.3 is 0 Å². The summed E-state index contributed by atoms with van der Waals surface area (Å²) >= 11 is 12.8. The number of hydrogen-bond acceptors (Lipinski definition) is 9. The SMILES string of the molecule is COc1ccc([C@@]23C(=O)N(Nc4ccc(Cl)cc4Cl)C(=O)[C@@H]2C[C@@H]2C(=CC[C@@H]4C(=O)N(c5ccc(C=Cc6cc(OC)ccc6OC)cc5)C(=O)[C@@H]42)[C@@H]3c2ccc(O)c(C)c2)cc1. The fourth-order valence-electron chi connectivity index (χ4n) is 10.2. The molecule has 2 N–H and O–H groups in total. The number of anilines is 2. The largest absolute Gasteiger partial charge is 0.508 e. The molecule has 5 aromatic carbocycles. The van der Waals surface area contributed by atoms with Gasteiger partial charge in [-0.25, -0.2) is 0 Å². The summed E-state index contributed by atoms with van der Waals surface area (Å²) in [5, 5.41) is 12.3. The van der Waals surface area contributed by atoms with E-state index >= 15 is 9.59 Å². The zero-order valence-electron chi connectivity index (χ0n) is 34.8. The Kier molecular flexibility index (Phi) is 10.8. The van der Waals surface area contributed by atoms with Crippen LogP contribution in [-0.4, -0.2) is 55.1 Å². The number of fused-ring (bicyclic) bond motifs is 4. The monoisotopic (exact) mass is 883 g/mol. The fourth-order valence-corrected chi connectivity index (χ4v) is 10.7. The van der Waals surface area contributed by atoms with Crippen LogP contribution in [0.1, 0.15) is 46.6 Å². The fraction of sp³-hybridized carbons (Fsp3) is 0.240. The molecular formula is C50H43Cl2N3O8. The van der Waals surface area contributed by atoms with E-state index in [9.17, 15) is 14.7 Å². The predicted octanol–water partition coefficient (Wildman–Crippen LogP) is 9.39. The van der Waals surface area contributed by atoms with Crippen LogP contribution in [0.15, 0.2) is 115 Å². The van der Waals surface area contributed by atoms with Crippen LogP contribution in [0.5, 0.6) is 23.0 Å². The topological polar surface area (TPSA) is 135 Å². The third-order valence-electron chi connectivity index (χ3n) is 13.2. The minimum Gasteiger partial charge on any atom is -0.508 e. The molecule has 63 heavy (non-hydrogen) atoms. The van der Waals surface area contributed by atoms with E-state index < -0.39 is 46.8 Å². The van der Waals surface area contributed by atoms with Gasteiger partial charge in [-0.2, -0.15) is 5.01 Å². The van der Waals surface area contributed by atoms with Gasteiger partial charge in [0.1, 0.15) is 23.0 Å². The van der Waals surface area contributed by atoms with Gasteiger partial charge in [0.05, 0.1) is 60.9 Å². The number of nitrogens with zero attached hydrogens (tertiary/aromatic N) is 2. The predicted molar refractivity (Wildman–Crippen MR) is 241 cm³/mol. The number of methoxy groups -OCH3 is 3. The Morgan fingerprint density at radius 3 is 2.17 bits per heavy atom. The maximum absolute atomic E-state index is 15.5. The number of aryl methyl sites for hydroxylation is 1. The van der Waals surface area contributed by atoms with Crippen molar-refractivity contribution >= 4 is 70.4 Å². The lowest BCUT2D eigenvalue weighted by molar-refractivity contribution is -0.138. The first kappa shape index (κ1) is 41.8. The van der Waals surface area contributed by atoms with Crippen molar-refractivity contribution in [2.45, 2.75) is 31.1 Å². The number of aromatic hydroxyl groups is 1. The number of hydrogen-bond donors (Lipinski definition) is 2. The first-order valence-corrected chi connectivity index (χ1v) is 21.3. The molecule has 0 aromatic heterocycles. The number of ether oxygens (including phenoxy) is 3. The lowest BCUT2D eigenvalue weighted by Gasteiger charge is -2.50. The van der Waals surface area contributed by atoms with E-state index in [0.717, 1.165) is 21.7 Å². The Labute approximate surface area is 374 Å². The van der Waals surface area contributed by atoms with Crippen molar-refractivity contribution in [3.8, 4) is 23.0 Å². The minimum absolute atomic E-state index is 0.0714. The van der Waals surface area contributed by atoms with Crippen molar-refractivity contribution in [2.24, 2.45) is 23.7 Å². The first-order chi connectivity index (χ1) is 30.4. The van der Waals surface area contributed by atoms with Gasteiger partial charge in [-0.1, -0.05) is 83.4 Å². The van der Waals surface area contributed by atoms with Crippen LogP contribution in [0.4, 0.5) is 11.4 Å². The van der Waals surface area contributed by atoms with Crippen molar-refractivity contribution in [2.75, 3.05) is 31.7 Å². The Balaban J connectivity index is 1.12. The summed E-state index contributed by atoms with van der Waals surface area (Å²) < 4.78 is 16.4. The Bertz CT molecular complexity index is 2750. The van der Waals surface area contributed by atoms with Crippen LogP contribution in [0.25, 0.3) is 12.2 Å². The van der Waals surface area contributed by atoms with E-state index in [2.05, 4.69) is 5.43 Å². The van der Waals surface area contributed by atoms with Gasteiger partial charge in [0.15, 0.2) is 0 Å². The molecule has 6 atom stereocenters. The first-order valence-electron chi connectivity index (χ1n) is 20.5. The number of nitrogens with one attached hydrogen (secondary N) is 1. The highest BCUT2D eigenvalue weighted by atomic mass is 35.5. The molecule has 3 fully saturated rings. The molecule has 0 spiro atoms. The van der Waals surface area contributed by atoms with E-state index in [4.69, 9.17) is 37.4 Å². The lowest BCUT2D eigenvalue weighted by atomic mass is 9.49. The molecule has 4 aliphatic rings. The van der Waals surface area contributed by atoms with Gasteiger partial charge in [-0.3, -0.25) is 29.5 Å². The van der Waals surface area contributed by atoms with Gasteiger partial charge < -0.3 is 19.3 Å². The number of imide groups is 2. The molecule has 2 saturated heterocycles. The molecule has 2 heterocycles. The van der Waals surface area contributed by atoms with Crippen molar-refractivity contribution in [3.63, 3.8) is 0 Å². The summed E-state index contributed by atoms with van der Waals surface area (Å²) in [7, 11) is 4.75. The minimum atomic E-state index is -1.53. The second-order valence-electron chi connectivity index (χ2n) is 16.3. The summed E-state index contributed by atoms with van der Waals surface area (Å²) in [5.41, 5.74) is 6.49. The van der Waals surface area contributed by atoms with E-state index in [1.165, 1.54) is 11.0 Å². The molecule has 5 aromatic rings. The zero-order chi connectivity index (χ0) is 44.3. The van der Waals surface area contributed by atoms with Crippen LogP contribution in [0.3, 0.4) is 0 Å². The maximum Gasteiger partial charge on any atom is 0.260 e. The van der Waals surface area contributed by atoms with E-state index in [1.807, 2.05) is 54.6 Å². The van der Waals surface area contributed by atoms with Gasteiger partial charge in [-0.15, -0.1) is 0 Å². The van der Waals surface area contributed by atoms with Gasteiger partial charge in [0.25, 0.3) is 11.8 Å². The lowest BCUT2D eigenvalue weighted by Crippen LogP contribution is -2.53. The van der Waals surface area contributed by atoms with Crippen molar-refractivity contribution < 1.29 is 38.5 Å². The second kappa shape index (κ2) is 16.3. The molecule has 0 bridgehead atoms. The molecule has 11 nitrogen and oxygen atoms in total. The summed E-state index contributed by atoms with van der Waals surface area (Å²) in [6.07, 6.45) is 6.17. The summed E-state index contributed by atoms with van der Waals surface area (Å²) in [4.78, 5) is 61.2. The van der Waals surface area contributed by atoms with Crippen molar-refractivity contribution in [3.05, 3.63) is 153 Å². The maximum atomic E-state index is 15.5. The van der Waals surface area contributed by atoms with Crippen LogP contribution < -0.4 is 24.5 Å². The normalized spacial score (nSPS) is 24.0. The number of benzene rings is 5. The zero-order valence-corrected chi connectivity index (χ0v) is 36.3. The van der Waals surface area contributed by atoms with E-state index in [-0.39, 0.29) is 35.4 Å². The Morgan fingerprint density at radius 2 is 1.49 bits per heavy atom. The summed E-state index contributed by atoms with van der Waals surface area (Å²) in [5.74, 6) is -3.55. The third-order valence-corrected chi connectivity index (χ3v) is 13.7. The number of halogens is 2. The standard InChI is InChI=1S/C50H43Cl2N3O8/c1-27-23-30(9-21-42(27)56)45-36-18-19-37-44(48(59)54(46(37)57)33-13-6-28(7-14-33)5-8-29-24-35(62-3)17-22-43(29)63-4)38(36)26-39-47(58)55(53-41-20-12-32(51)25-40(41)52)49(60)50(39,45)31-10-15-34(61-2)16-11-31/h5-18,20-25,37-39,44-45,53,56H,19,26H2,1-4H3/t37-,38+,39-,44-,45-,50+/m0/s1. The highest BCUT2D eigenvalue weighted by Crippen LogP contribution is 2.64. The smallest absolute Gasteiger partial charge is 0.260 e. The molecule has 2 aliphatic heterocycles. The molecule has 13 heteroatoms. The molecule has 0 unspecified atom stereocenters. The quantitative estimate of drug-likeness (QED) is 0.0800. The number of carbonyl (C=O) groups is 4. The highest BCUT2D eigenvalue weighted by Gasteiger charge is 2.70. The number of phenolic OH excluding ortho intramolecular Hbond substituents is 1. The van der Waals surface area contributed by atoms with E-state index in [1.54, 1.807) is 88.9 Å². The molecule has 4 amide bonds. The number of amides is 4. The Morgan fingerprint density at radius 1 is 0.762 bits per heavy atom. The average Bonchev–Trinajstić information content (AvgIpc) is 3.67. The van der Waals surface area contributed by atoms with Gasteiger partial charge in [-0.05, 0) is 115 Å². The summed E-state index contributed by atoms with van der Waals surface area (Å²) in [6, 6.07) is 29.7. The van der Waals surface area contributed by atoms with Gasteiger partial charge in [0.2, 0.25) is 11.8 Å². The average molecular weight is 885 g/mol. The highest BCUT2D eigenvalue weighted by molar-refractivity contribution is 6.36. The van der Waals surface area contributed by atoms with Crippen molar-refractivity contribution in [1.82, 2.24) is 5.01 Å². The number of hydrazine groups is 1. The number of carbonyl (C=O) groups excluding carboxylic acids is 4. The number of allylic oxidation sites excluding steroid dienone is 2. The Hall–Kier alpha value is -6.56. The molecule has 1 saturated carbocycles. The molecule has 0 radical (unpaired) electrons. The molecule has 320 valence electrons. The number of phenols is 1. The van der Waals surface area contributed by atoms with E-state index in [0.29, 0.717) is 50.3 Å².